The highest BCUT2D eigenvalue weighted by atomic mass is 32.1. The van der Waals surface area contributed by atoms with Gasteiger partial charge in [0.05, 0.1) is 31.0 Å². The summed E-state index contributed by atoms with van der Waals surface area (Å²) < 4.78 is 5.12. The van der Waals surface area contributed by atoms with Crippen LogP contribution in [0, 0.1) is 0 Å². The van der Waals surface area contributed by atoms with Gasteiger partial charge in [0.1, 0.15) is 5.75 Å². The van der Waals surface area contributed by atoms with Crippen molar-refractivity contribution in [3.8, 4) is 5.75 Å². The molecule has 7 nitrogen and oxygen atoms in total. The molecule has 4 rings (SSSR count). The zero-order valence-electron chi connectivity index (χ0n) is 16.6. The average molecular weight is 423 g/mol. The van der Waals surface area contributed by atoms with E-state index in [9.17, 15) is 9.59 Å². The molecule has 154 valence electrons. The minimum Gasteiger partial charge on any atom is -0.497 e. The fourth-order valence-corrected chi connectivity index (χ4v) is 4.50. The van der Waals surface area contributed by atoms with Crippen molar-refractivity contribution >= 4 is 28.3 Å². The zero-order valence-corrected chi connectivity index (χ0v) is 17.4. The normalized spacial score (nSPS) is 15.2. The van der Waals surface area contributed by atoms with Gasteiger partial charge in [0.2, 0.25) is 5.91 Å². The van der Waals surface area contributed by atoms with Gasteiger partial charge >= 0.3 is 0 Å². The highest BCUT2D eigenvalue weighted by Gasteiger charge is 2.30. The third-order valence-electron chi connectivity index (χ3n) is 5.01. The minimum absolute atomic E-state index is 0.0556. The van der Waals surface area contributed by atoms with Crippen LogP contribution in [0.25, 0.3) is 0 Å². The van der Waals surface area contributed by atoms with Gasteiger partial charge in [-0.05, 0) is 55.7 Å². The number of rotatable bonds is 6. The lowest BCUT2D eigenvalue weighted by molar-refractivity contribution is -0.123. The molecule has 2 heterocycles. The Hall–Kier alpha value is -3.26. The molecule has 0 saturated heterocycles. The highest BCUT2D eigenvalue weighted by Crippen LogP contribution is 2.37. The van der Waals surface area contributed by atoms with E-state index < -0.39 is 0 Å². The van der Waals surface area contributed by atoms with Gasteiger partial charge in [0.25, 0.3) is 5.91 Å². The molecule has 3 aromatic rings. The maximum absolute atomic E-state index is 12.8. The van der Waals surface area contributed by atoms with E-state index in [1.54, 1.807) is 37.6 Å². The lowest BCUT2D eigenvalue weighted by Crippen LogP contribution is -2.31. The number of thiazole rings is 1. The fraction of sp³-hybridized carbons (Fsp3) is 0.273. The molecule has 2 amide bonds. The van der Waals surface area contributed by atoms with Crippen LogP contribution in [0.3, 0.4) is 0 Å². The lowest BCUT2D eigenvalue weighted by Gasteiger charge is -2.20. The van der Waals surface area contributed by atoms with Gasteiger partial charge in [-0.25, -0.2) is 4.98 Å². The van der Waals surface area contributed by atoms with Crippen molar-refractivity contribution in [2.24, 2.45) is 0 Å². The van der Waals surface area contributed by atoms with E-state index in [1.165, 1.54) is 11.3 Å². The molecule has 30 heavy (non-hydrogen) atoms. The molecule has 8 heteroatoms. The SMILES string of the molecule is COc1ccc(C(=O)Nc2nc3c(s2)CCC[C@H]3C(=O)NCc2ccccn2)cc1. The molecule has 0 unspecified atom stereocenters. The second kappa shape index (κ2) is 9.04. The molecule has 1 aliphatic rings. The summed E-state index contributed by atoms with van der Waals surface area (Å²) in [7, 11) is 1.58. The Morgan fingerprint density at radius 3 is 2.77 bits per heavy atom. The molecule has 1 atom stereocenters. The van der Waals surface area contributed by atoms with Crippen LogP contribution in [0.2, 0.25) is 0 Å². The van der Waals surface area contributed by atoms with Crippen molar-refractivity contribution < 1.29 is 14.3 Å². The summed E-state index contributed by atoms with van der Waals surface area (Å²) in [5.41, 5.74) is 2.11. The number of nitrogens with zero attached hydrogens (tertiary/aromatic N) is 2. The monoisotopic (exact) mass is 422 g/mol. The number of nitrogens with one attached hydrogen (secondary N) is 2. The second-order valence-electron chi connectivity index (χ2n) is 6.99. The van der Waals surface area contributed by atoms with Crippen molar-refractivity contribution in [3.05, 3.63) is 70.5 Å². The number of pyridine rings is 1. The first-order chi connectivity index (χ1) is 14.6. The number of hydrogen-bond donors (Lipinski definition) is 2. The maximum Gasteiger partial charge on any atom is 0.257 e. The molecular formula is C22H22N4O3S. The fourth-order valence-electron chi connectivity index (χ4n) is 3.44. The molecular weight excluding hydrogens is 400 g/mol. The third kappa shape index (κ3) is 4.49. The standard InChI is InChI=1S/C22H22N4O3S/c1-29-16-10-8-14(9-11-16)20(27)26-22-25-19-17(6-4-7-18(19)30-22)21(28)24-13-15-5-2-3-12-23-15/h2-3,5,8-12,17H,4,6-7,13H2,1H3,(H,24,28)(H,25,26,27)/t17-/m1/s1. The van der Waals surface area contributed by atoms with Crippen LogP contribution in [0.5, 0.6) is 5.75 Å². The Labute approximate surface area is 178 Å². The molecule has 0 saturated carbocycles. The molecule has 1 aliphatic carbocycles. The maximum atomic E-state index is 12.8. The molecule has 0 radical (unpaired) electrons. The Kier molecular flexibility index (Phi) is 6.04. The van der Waals surface area contributed by atoms with Crippen molar-refractivity contribution in [1.82, 2.24) is 15.3 Å². The van der Waals surface area contributed by atoms with E-state index in [1.807, 2.05) is 18.2 Å². The van der Waals surface area contributed by atoms with E-state index in [-0.39, 0.29) is 17.7 Å². The van der Waals surface area contributed by atoms with Crippen molar-refractivity contribution in [1.29, 1.82) is 0 Å². The molecule has 2 N–H and O–H groups in total. The van der Waals surface area contributed by atoms with Crippen LogP contribution < -0.4 is 15.4 Å². The second-order valence-corrected chi connectivity index (χ2v) is 8.08. The van der Waals surface area contributed by atoms with Crippen molar-refractivity contribution in [2.45, 2.75) is 31.7 Å². The summed E-state index contributed by atoms with van der Waals surface area (Å²) in [5, 5.41) is 6.34. The van der Waals surface area contributed by atoms with E-state index in [0.29, 0.717) is 23.0 Å². The zero-order chi connectivity index (χ0) is 20.9. The third-order valence-corrected chi connectivity index (χ3v) is 6.06. The summed E-state index contributed by atoms with van der Waals surface area (Å²) in [5.74, 6) is 0.0935. The Bertz CT molecular complexity index is 1030. The number of carbonyl (C=O) groups is 2. The summed E-state index contributed by atoms with van der Waals surface area (Å²) in [6, 6.07) is 12.5. The largest absolute Gasteiger partial charge is 0.497 e. The highest BCUT2D eigenvalue weighted by molar-refractivity contribution is 7.16. The number of ether oxygens (including phenoxy) is 1. The number of aryl methyl sites for hydroxylation is 1. The number of methoxy groups -OCH3 is 1. The van der Waals surface area contributed by atoms with Gasteiger partial charge in [-0.2, -0.15) is 0 Å². The first-order valence-electron chi connectivity index (χ1n) is 9.76. The van der Waals surface area contributed by atoms with Gasteiger partial charge in [0, 0.05) is 16.6 Å². The lowest BCUT2D eigenvalue weighted by atomic mass is 9.90. The summed E-state index contributed by atoms with van der Waals surface area (Å²) >= 11 is 1.44. The molecule has 0 fully saturated rings. The predicted molar refractivity (Wildman–Crippen MR) is 115 cm³/mol. The van der Waals surface area contributed by atoms with Crippen molar-refractivity contribution in [3.63, 3.8) is 0 Å². The molecule has 0 spiro atoms. The number of carbonyl (C=O) groups excluding carboxylic acids is 2. The van der Waals surface area contributed by atoms with Gasteiger partial charge in [0.15, 0.2) is 5.13 Å². The first-order valence-corrected chi connectivity index (χ1v) is 10.6. The quantitative estimate of drug-likeness (QED) is 0.634. The Morgan fingerprint density at radius 2 is 2.03 bits per heavy atom. The van der Waals surface area contributed by atoms with Gasteiger partial charge in [-0.3, -0.25) is 19.9 Å². The molecule has 0 bridgehead atoms. The van der Waals surface area contributed by atoms with Crippen LogP contribution in [-0.4, -0.2) is 28.9 Å². The molecule has 0 aliphatic heterocycles. The number of aromatic nitrogens is 2. The molecule has 2 aromatic heterocycles. The summed E-state index contributed by atoms with van der Waals surface area (Å²) in [4.78, 5) is 35.2. The van der Waals surface area contributed by atoms with Gasteiger partial charge < -0.3 is 10.1 Å². The summed E-state index contributed by atoms with van der Waals surface area (Å²) in [6.07, 6.45) is 4.24. The van der Waals surface area contributed by atoms with Gasteiger partial charge in [-0.1, -0.05) is 6.07 Å². The van der Waals surface area contributed by atoms with Crippen molar-refractivity contribution in [2.75, 3.05) is 12.4 Å². The number of anilines is 1. The van der Waals surface area contributed by atoms with E-state index >= 15 is 0 Å². The van der Waals surface area contributed by atoms with Crippen LogP contribution in [0.15, 0.2) is 48.7 Å². The van der Waals surface area contributed by atoms with E-state index in [0.717, 1.165) is 35.5 Å². The Morgan fingerprint density at radius 1 is 1.20 bits per heavy atom. The topological polar surface area (TPSA) is 93.2 Å². The van der Waals surface area contributed by atoms with Crippen LogP contribution in [-0.2, 0) is 17.8 Å². The molecule has 1 aromatic carbocycles. The summed E-state index contributed by atoms with van der Waals surface area (Å²) in [6.45, 7) is 0.386. The minimum atomic E-state index is -0.305. The number of benzene rings is 1. The van der Waals surface area contributed by atoms with E-state index in [4.69, 9.17) is 4.74 Å². The first kappa shape index (κ1) is 20.0. The van der Waals surface area contributed by atoms with Crippen LogP contribution >= 0.6 is 11.3 Å². The van der Waals surface area contributed by atoms with Crippen LogP contribution in [0.4, 0.5) is 5.13 Å². The number of amides is 2. The smallest absolute Gasteiger partial charge is 0.257 e. The van der Waals surface area contributed by atoms with Gasteiger partial charge in [-0.15, -0.1) is 11.3 Å². The Balaban J connectivity index is 1.44. The predicted octanol–water partition coefficient (Wildman–Crippen LogP) is 3.54. The average Bonchev–Trinajstić information content (AvgIpc) is 3.20. The van der Waals surface area contributed by atoms with Crippen LogP contribution in [0.1, 0.15) is 45.4 Å². The van der Waals surface area contributed by atoms with E-state index in [2.05, 4.69) is 20.6 Å². The number of hydrogen-bond acceptors (Lipinski definition) is 6. The number of fused-ring (bicyclic) bond motifs is 1.